The van der Waals surface area contributed by atoms with Gasteiger partial charge in [-0.05, 0) is 40.2 Å². The van der Waals surface area contributed by atoms with Crippen LogP contribution in [0.4, 0.5) is 15.8 Å². The van der Waals surface area contributed by atoms with Crippen LogP contribution in [0.1, 0.15) is 10.4 Å². The number of carboxylic acid groups (broad SMARTS) is 1. The van der Waals surface area contributed by atoms with Crippen LogP contribution in [-0.2, 0) is 0 Å². The highest BCUT2D eigenvalue weighted by molar-refractivity contribution is 9.10. The Morgan fingerprint density at radius 3 is 2.52 bits per heavy atom. The highest BCUT2D eigenvalue weighted by Gasteiger charge is 2.19. The number of aromatic carboxylic acids is 1. The van der Waals surface area contributed by atoms with Crippen LogP contribution < -0.4 is 9.64 Å². The minimum atomic E-state index is -1.19. The minimum Gasteiger partial charge on any atom is -0.495 e. The van der Waals surface area contributed by atoms with E-state index in [1.165, 1.54) is 19.2 Å². The summed E-state index contributed by atoms with van der Waals surface area (Å²) in [4.78, 5) is 12.6. The quantitative estimate of drug-likeness (QED) is 0.900. The molecule has 0 aliphatic heterocycles. The van der Waals surface area contributed by atoms with Crippen molar-refractivity contribution in [3.05, 3.63) is 52.3 Å². The van der Waals surface area contributed by atoms with Gasteiger partial charge in [0.15, 0.2) is 5.82 Å². The molecule has 0 bridgehead atoms. The second-order valence-corrected chi connectivity index (χ2v) is 5.09. The fourth-order valence-electron chi connectivity index (χ4n) is 2.00. The first-order valence-electron chi connectivity index (χ1n) is 6.05. The minimum absolute atomic E-state index is 0.0748. The van der Waals surface area contributed by atoms with Gasteiger partial charge in [0.25, 0.3) is 0 Å². The summed E-state index contributed by atoms with van der Waals surface area (Å²) in [5, 5.41) is 8.99. The van der Waals surface area contributed by atoms with Gasteiger partial charge in [-0.15, -0.1) is 0 Å². The third-order valence-electron chi connectivity index (χ3n) is 3.10. The molecule has 0 spiro atoms. The van der Waals surface area contributed by atoms with Crippen LogP contribution in [0.5, 0.6) is 5.75 Å². The van der Waals surface area contributed by atoms with Gasteiger partial charge in [-0.1, -0.05) is 12.1 Å². The van der Waals surface area contributed by atoms with Crippen molar-refractivity contribution in [2.45, 2.75) is 0 Å². The summed E-state index contributed by atoms with van der Waals surface area (Å²) in [6.07, 6.45) is 0. The zero-order valence-electron chi connectivity index (χ0n) is 11.4. The number of halogens is 2. The van der Waals surface area contributed by atoms with E-state index in [0.717, 1.165) is 0 Å². The van der Waals surface area contributed by atoms with Crippen molar-refractivity contribution in [3.8, 4) is 5.75 Å². The average Bonchev–Trinajstić information content (AvgIpc) is 2.48. The van der Waals surface area contributed by atoms with Crippen LogP contribution in [0.2, 0.25) is 0 Å². The van der Waals surface area contributed by atoms with E-state index in [4.69, 9.17) is 9.84 Å². The van der Waals surface area contributed by atoms with Crippen LogP contribution in [0.15, 0.2) is 40.9 Å². The number of methoxy groups -OCH3 is 1. The molecule has 0 amide bonds. The predicted molar refractivity (Wildman–Crippen MR) is 82.1 cm³/mol. The van der Waals surface area contributed by atoms with E-state index >= 15 is 0 Å². The summed E-state index contributed by atoms with van der Waals surface area (Å²) in [5.74, 6) is -1.23. The van der Waals surface area contributed by atoms with Gasteiger partial charge in [-0.3, -0.25) is 0 Å². The maximum Gasteiger partial charge on any atom is 0.336 e. The Labute approximate surface area is 129 Å². The van der Waals surface area contributed by atoms with E-state index in [2.05, 4.69) is 15.9 Å². The summed E-state index contributed by atoms with van der Waals surface area (Å²) in [5.41, 5.74) is 0.801. The third kappa shape index (κ3) is 2.85. The molecule has 21 heavy (non-hydrogen) atoms. The molecule has 0 aliphatic rings. The number of rotatable bonds is 4. The van der Waals surface area contributed by atoms with Gasteiger partial charge in [0.1, 0.15) is 5.75 Å². The molecule has 110 valence electrons. The monoisotopic (exact) mass is 353 g/mol. The number of nitrogens with zero attached hydrogens (tertiary/aromatic N) is 1. The van der Waals surface area contributed by atoms with Gasteiger partial charge in [-0.25, -0.2) is 9.18 Å². The highest BCUT2D eigenvalue weighted by Crippen LogP contribution is 2.36. The van der Waals surface area contributed by atoms with Gasteiger partial charge in [0, 0.05) is 7.05 Å². The summed E-state index contributed by atoms with van der Waals surface area (Å²) in [6, 6.07) is 9.97. The van der Waals surface area contributed by atoms with Crippen molar-refractivity contribution in [1.29, 1.82) is 0 Å². The normalized spacial score (nSPS) is 10.3. The largest absolute Gasteiger partial charge is 0.495 e. The van der Waals surface area contributed by atoms with Gasteiger partial charge < -0.3 is 14.7 Å². The number of carboxylic acids is 1. The molecular formula is C15H13BrFNO3. The van der Waals surface area contributed by atoms with Crippen molar-refractivity contribution in [3.63, 3.8) is 0 Å². The van der Waals surface area contributed by atoms with Crippen LogP contribution >= 0.6 is 15.9 Å². The van der Waals surface area contributed by atoms with E-state index in [1.807, 2.05) is 12.1 Å². The zero-order valence-corrected chi connectivity index (χ0v) is 13.0. The smallest absolute Gasteiger partial charge is 0.336 e. The van der Waals surface area contributed by atoms with Crippen LogP contribution in [0, 0.1) is 5.82 Å². The fourth-order valence-corrected chi connectivity index (χ4v) is 2.51. The SMILES string of the molecule is COc1ccccc1N(C)c1ccc(C(=O)O)c(Br)c1F. The Hall–Kier alpha value is -2.08. The molecule has 0 saturated carbocycles. The number of para-hydroxylation sites is 2. The Balaban J connectivity index is 2.52. The molecule has 6 heteroatoms. The van der Waals surface area contributed by atoms with Crippen LogP contribution in [-0.4, -0.2) is 25.2 Å². The van der Waals surface area contributed by atoms with Gasteiger partial charge in [-0.2, -0.15) is 0 Å². The lowest BCUT2D eigenvalue weighted by Gasteiger charge is -2.23. The molecule has 0 aromatic heterocycles. The number of hydrogen-bond acceptors (Lipinski definition) is 3. The topological polar surface area (TPSA) is 49.8 Å². The first-order chi connectivity index (χ1) is 9.97. The molecule has 2 aromatic rings. The fraction of sp³-hybridized carbons (Fsp3) is 0.133. The van der Waals surface area contributed by atoms with Crippen molar-refractivity contribution in [1.82, 2.24) is 0 Å². The van der Waals surface area contributed by atoms with E-state index in [0.29, 0.717) is 11.4 Å². The summed E-state index contributed by atoms with van der Waals surface area (Å²) >= 11 is 2.99. The van der Waals surface area contributed by atoms with E-state index in [9.17, 15) is 9.18 Å². The predicted octanol–water partition coefficient (Wildman–Crippen LogP) is 4.06. The van der Waals surface area contributed by atoms with Gasteiger partial charge in [0.05, 0.1) is 28.5 Å². The molecule has 0 saturated heterocycles. The van der Waals surface area contributed by atoms with E-state index in [-0.39, 0.29) is 15.7 Å². The molecule has 0 radical (unpaired) electrons. The maximum atomic E-state index is 14.4. The molecule has 2 aromatic carbocycles. The lowest BCUT2D eigenvalue weighted by Crippen LogP contribution is -2.13. The van der Waals surface area contributed by atoms with Crippen molar-refractivity contribution in [2.75, 3.05) is 19.1 Å². The molecule has 0 fully saturated rings. The van der Waals surface area contributed by atoms with E-state index < -0.39 is 11.8 Å². The second kappa shape index (κ2) is 6.13. The molecule has 0 heterocycles. The van der Waals surface area contributed by atoms with Gasteiger partial charge in [0.2, 0.25) is 0 Å². The number of hydrogen-bond donors (Lipinski definition) is 1. The standard InChI is InChI=1S/C15H13BrFNO3/c1-18(10-5-3-4-6-12(10)21-2)11-8-7-9(15(19)20)13(16)14(11)17/h3-8H,1-2H3,(H,19,20). The molecule has 2 rings (SSSR count). The first-order valence-corrected chi connectivity index (χ1v) is 6.84. The summed E-state index contributed by atoms with van der Waals surface area (Å²) < 4.78 is 19.6. The van der Waals surface area contributed by atoms with Crippen molar-refractivity contribution >= 4 is 33.3 Å². The molecule has 0 atom stereocenters. The highest BCUT2D eigenvalue weighted by atomic mass is 79.9. The molecule has 1 N–H and O–H groups in total. The van der Waals surface area contributed by atoms with Crippen molar-refractivity contribution < 1.29 is 19.0 Å². The van der Waals surface area contributed by atoms with E-state index in [1.54, 1.807) is 24.1 Å². The molecule has 0 aliphatic carbocycles. The number of ether oxygens (including phenoxy) is 1. The zero-order chi connectivity index (χ0) is 15.6. The van der Waals surface area contributed by atoms with Gasteiger partial charge >= 0.3 is 5.97 Å². The van der Waals surface area contributed by atoms with Crippen molar-refractivity contribution in [2.24, 2.45) is 0 Å². The summed E-state index contributed by atoms with van der Waals surface area (Å²) in [7, 11) is 3.22. The Morgan fingerprint density at radius 2 is 1.90 bits per heavy atom. The number of anilines is 2. The van der Waals surface area contributed by atoms with Crippen LogP contribution in [0.3, 0.4) is 0 Å². The summed E-state index contributed by atoms with van der Waals surface area (Å²) in [6.45, 7) is 0. The first kappa shape index (κ1) is 15.3. The maximum absolute atomic E-state index is 14.4. The lowest BCUT2D eigenvalue weighted by molar-refractivity contribution is 0.0695. The second-order valence-electron chi connectivity index (χ2n) is 4.30. The average molecular weight is 354 g/mol. The molecule has 0 unspecified atom stereocenters. The number of carbonyl (C=O) groups is 1. The Kier molecular flexibility index (Phi) is 4.47. The number of benzene rings is 2. The lowest BCUT2D eigenvalue weighted by atomic mass is 10.1. The van der Waals surface area contributed by atoms with Crippen LogP contribution in [0.25, 0.3) is 0 Å². The Bertz CT molecular complexity index is 691. The molecule has 4 nitrogen and oxygen atoms in total. The molecular weight excluding hydrogens is 341 g/mol. The third-order valence-corrected chi connectivity index (χ3v) is 3.88. The Morgan fingerprint density at radius 1 is 1.24 bits per heavy atom.